The Balaban J connectivity index is 1.98. The molecule has 1 aliphatic heterocycles. The van der Waals surface area contributed by atoms with Crippen molar-refractivity contribution in [3.63, 3.8) is 0 Å². The van der Waals surface area contributed by atoms with Crippen molar-refractivity contribution in [3.05, 3.63) is 12.2 Å². The fourth-order valence-electron chi connectivity index (χ4n) is 2.04. The molecule has 2 rings (SSSR count). The minimum Gasteiger partial charge on any atom is -0.375 e. The minimum absolute atomic E-state index is 0.291. The van der Waals surface area contributed by atoms with Crippen LogP contribution in [0.25, 0.3) is 0 Å². The van der Waals surface area contributed by atoms with Crippen LogP contribution in [0.15, 0.2) is 6.33 Å². The molecular formula is C11H19BrN4O. The van der Waals surface area contributed by atoms with Gasteiger partial charge in [0.05, 0.1) is 19.3 Å². The molecule has 1 unspecified atom stereocenters. The van der Waals surface area contributed by atoms with Crippen molar-refractivity contribution >= 4 is 15.9 Å². The molecule has 1 atom stereocenters. The summed E-state index contributed by atoms with van der Waals surface area (Å²) in [5, 5.41) is 5.15. The Morgan fingerprint density at radius 3 is 3.12 bits per heavy atom. The predicted octanol–water partition coefficient (Wildman–Crippen LogP) is 1.45. The lowest BCUT2D eigenvalue weighted by atomic mass is 10.3. The zero-order chi connectivity index (χ0) is 12.3. The molecule has 1 aromatic rings. The van der Waals surface area contributed by atoms with Gasteiger partial charge < -0.3 is 4.74 Å². The summed E-state index contributed by atoms with van der Waals surface area (Å²) in [7, 11) is 0. The SMILES string of the molecule is CC(C)n1ncnc1CN1CCOC(CBr)C1. The van der Waals surface area contributed by atoms with Gasteiger partial charge in [0.1, 0.15) is 12.2 Å². The Kier molecular flexibility index (Phi) is 4.53. The van der Waals surface area contributed by atoms with Crippen molar-refractivity contribution in [3.8, 4) is 0 Å². The minimum atomic E-state index is 0.291. The lowest BCUT2D eigenvalue weighted by Gasteiger charge is -2.31. The van der Waals surface area contributed by atoms with Gasteiger partial charge in [-0.2, -0.15) is 5.10 Å². The highest BCUT2D eigenvalue weighted by Crippen LogP contribution is 2.12. The number of rotatable bonds is 4. The molecule has 0 amide bonds. The zero-order valence-electron chi connectivity index (χ0n) is 10.3. The van der Waals surface area contributed by atoms with Crippen LogP contribution in [-0.4, -0.2) is 50.8 Å². The first-order chi connectivity index (χ1) is 8.20. The van der Waals surface area contributed by atoms with Crippen molar-refractivity contribution in [1.82, 2.24) is 19.7 Å². The van der Waals surface area contributed by atoms with E-state index >= 15 is 0 Å². The van der Waals surface area contributed by atoms with Crippen molar-refractivity contribution in [1.29, 1.82) is 0 Å². The molecule has 0 aliphatic carbocycles. The van der Waals surface area contributed by atoms with E-state index in [-0.39, 0.29) is 0 Å². The van der Waals surface area contributed by atoms with Gasteiger partial charge in [0.25, 0.3) is 0 Å². The number of morpholine rings is 1. The normalized spacial score (nSPS) is 22.2. The molecule has 5 nitrogen and oxygen atoms in total. The van der Waals surface area contributed by atoms with Crippen LogP contribution in [0, 0.1) is 0 Å². The van der Waals surface area contributed by atoms with Crippen molar-refractivity contribution in [2.45, 2.75) is 32.5 Å². The highest BCUT2D eigenvalue weighted by Gasteiger charge is 2.21. The Labute approximate surface area is 110 Å². The highest BCUT2D eigenvalue weighted by atomic mass is 79.9. The average molecular weight is 303 g/mol. The highest BCUT2D eigenvalue weighted by molar-refractivity contribution is 9.09. The van der Waals surface area contributed by atoms with Gasteiger partial charge in [-0.1, -0.05) is 15.9 Å². The summed E-state index contributed by atoms with van der Waals surface area (Å²) in [6.07, 6.45) is 1.93. The lowest BCUT2D eigenvalue weighted by Crippen LogP contribution is -2.43. The summed E-state index contributed by atoms with van der Waals surface area (Å²) in [5.41, 5.74) is 0. The van der Waals surface area contributed by atoms with E-state index in [1.165, 1.54) is 0 Å². The van der Waals surface area contributed by atoms with Crippen molar-refractivity contribution < 1.29 is 4.74 Å². The van der Waals surface area contributed by atoms with Gasteiger partial charge in [-0.15, -0.1) is 0 Å². The van der Waals surface area contributed by atoms with E-state index in [2.05, 4.69) is 44.8 Å². The second kappa shape index (κ2) is 5.93. The van der Waals surface area contributed by atoms with E-state index in [9.17, 15) is 0 Å². The van der Waals surface area contributed by atoms with Crippen molar-refractivity contribution in [2.24, 2.45) is 0 Å². The van der Waals surface area contributed by atoms with Crippen LogP contribution < -0.4 is 0 Å². The number of alkyl halides is 1. The average Bonchev–Trinajstić information content (AvgIpc) is 2.77. The van der Waals surface area contributed by atoms with Gasteiger partial charge in [0.2, 0.25) is 0 Å². The lowest BCUT2D eigenvalue weighted by molar-refractivity contribution is -0.0194. The molecule has 96 valence electrons. The van der Waals surface area contributed by atoms with Crippen LogP contribution in [0.4, 0.5) is 0 Å². The molecular weight excluding hydrogens is 284 g/mol. The standard InChI is InChI=1S/C11H19BrN4O/c1-9(2)16-11(13-8-14-16)7-15-3-4-17-10(5-12)6-15/h8-10H,3-7H2,1-2H3. The Bertz CT molecular complexity index is 355. The van der Waals surface area contributed by atoms with Gasteiger partial charge >= 0.3 is 0 Å². The number of nitrogens with zero attached hydrogens (tertiary/aromatic N) is 4. The summed E-state index contributed by atoms with van der Waals surface area (Å²) < 4.78 is 7.61. The molecule has 1 saturated heterocycles. The van der Waals surface area contributed by atoms with Gasteiger partial charge in [-0.3, -0.25) is 4.90 Å². The Morgan fingerprint density at radius 1 is 1.59 bits per heavy atom. The quantitative estimate of drug-likeness (QED) is 0.790. The molecule has 6 heteroatoms. The molecule has 0 N–H and O–H groups in total. The molecule has 1 aliphatic rings. The van der Waals surface area contributed by atoms with Crippen molar-refractivity contribution in [2.75, 3.05) is 25.0 Å². The molecule has 0 saturated carbocycles. The number of hydrogen-bond acceptors (Lipinski definition) is 4. The van der Waals surface area contributed by atoms with E-state index in [0.717, 1.165) is 37.4 Å². The molecule has 1 fully saturated rings. The second-order valence-electron chi connectivity index (χ2n) is 4.60. The topological polar surface area (TPSA) is 43.2 Å². The monoisotopic (exact) mass is 302 g/mol. The number of halogens is 1. The maximum atomic E-state index is 5.62. The largest absolute Gasteiger partial charge is 0.375 e. The van der Waals surface area contributed by atoms with Crippen LogP contribution >= 0.6 is 15.9 Å². The van der Waals surface area contributed by atoms with Gasteiger partial charge in [-0.05, 0) is 13.8 Å². The number of hydrogen-bond donors (Lipinski definition) is 0. The third kappa shape index (κ3) is 3.26. The first-order valence-electron chi connectivity index (χ1n) is 5.99. The van der Waals surface area contributed by atoms with Crippen LogP contribution in [0.2, 0.25) is 0 Å². The summed E-state index contributed by atoms with van der Waals surface area (Å²) in [6.45, 7) is 7.82. The van der Waals surface area contributed by atoms with Crippen LogP contribution in [0.5, 0.6) is 0 Å². The Morgan fingerprint density at radius 2 is 2.41 bits per heavy atom. The zero-order valence-corrected chi connectivity index (χ0v) is 11.9. The van der Waals surface area contributed by atoms with E-state index in [0.29, 0.717) is 12.1 Å². The first kappa shape index (κ1) is 13.0. The predicted molar refractivity (Wildman–Crippen MR) is 69.2 cm³/mol. The molecule has 2 heterocycles. The fraction of sp³-hybridized carbons (Fsp3) is 0.818. The van der Waals surface area contributed by atoms with E-state index in [1.54, 1.807) is 6.33 Å². The van der Waals surface area contributed by atoms with Gasteiger partial charge in [-0.25, -0.2) is 9.67 Å². The number of ether oxygens (including phenoxy) is 1. The third-order valence-electron chi connectivity index (χ3n) is 2.90. The van der Waals surface area contributed by atoms with E-state index < -0.39 is 0 Å². The van der Waals surface area contributed by atoms with Crippen LogP contribution in [0.1, 0.15) is 25.7 Å². The molecule has 0 bridgehead atoms. The van der Waals surface area contributed by atoms with Crippen LogP contribution in [-0.2, 0) is 11.3 Å². The van der Waals surface area contributed by atoms with E-state index in [4.69, 9.17) is 4.74 Å². The summed E-state index contributed by atoms with van der Waals surface area (Å²) in [6, 6.07) is 0.362. The third-order valence-corrected chi connectivity index (χ3v) is 3.62. The summed E-state index contributed by atoms with van der Waals surface area (Å²) in [4.78, 5) is 6.71. The van der Waals surface area contributed by atoms with Gasteiger partial charge in [0, 0.05) is 24.5 Å². The molecule has 1 aromatic heterocycles. The molecule has 0 radical (unpaired) electrons. The maximum Gasteiger partial charge on any atom is 0.141 e. The molecule has 0 aromatic carbocycles. The maximum absolute atomic E-state index is 5.62. The number of aromatic nitrogens is 3. The fourth-order valence-corrected chi connectivity index (χ4v) is 2.43. The van der Waals surface area contributed by atoms with Gasteiger partial charge in [0.15, 0.2) is 0 Å². The summed E-state index contributed by atoms with van der Waals surface area (Å²) in [5.74, 6) is 1.04. The molecule has 17 heavy (non-hydrogen) atoms. The summed E-state index contributed by atoms with van der Waals surface area (Å²) >= 11 is 3.47. The van der Waals surface area contributed by atoms with Crippen LogP contribution in [0.3, 0.4) is 0 Å². The second-order valence-corrected chi connectivity index (χ2v) is 5.24. The smallest absolute Gasteiger partial charge is 0.141 e. The Hall–Kier alpha value is -0.460. The van der Waals surface area contributed by atoms with E-state index in [1.807, 2.05) is 4.68 Å². The first-order valence-corrected chi connectivity index (χ1v) is 7.11. The molecule has 0 spiro atoms.